The van der Waals surface area contributed by atoms with Gasteiger partial charge in [0.15, 0.2) is 11.5 Å². The number of alkyl halides is 3. The lowest BCUT2D eigenvalue weighted by atomic mass is 9.98. The summed E-state index contributed by atoms with van der Waals surface area (Å²) in [6.45, 7) is -0.0288. The lowest BCUT2D eigenvalue weighted by Gasteiger charge is -2.23. The number of H-pyrrole nitrogens is 2. The van der Waals surface area contributed by atoms with Crippen LogP contribution in [-0.4, -0.2) is 49.4 Å². The Balaban J connectivity index is 1.43. The number of carbonyl (C=O) groups is 1. The van der Waals surface area contributed by atoms with Crippen molar-refractivity contribution in [2.24, 2.45) is 0 Å². The molecule has 0 fully saturated rings. The SMILES string of the molecule is CN(CC(=O)NC(c1ccccc1)c1ccc2nc(C(F)(F)F)[nH]c2c1)c1ncnc2nc[nH]c12. The van der Waals surface area contributed by atoms with Gasteiger partial charge in [0, 0.05) is 7.05 Å². The summed E-state index contributed by atoms with van der Waals surface area (Å²) >= 11 is 0. The molecule has 0 aliphatic carbocycles. The normalized spacial score (nSPS) is 12.7. The van der Waals surface area contributed by atoms with E-state index >= 15 is 0 Å². The molecule has 0 saturated heterocycles. The van der Waals surface area contributed by atoms with Gasteiger partial charge in [-0.25, -0.2) is 19.9 Å². The fraction of sp³-hybridized carbons (Fsp3) is 0.174. The van der Waals surface area contributed by atoms with Crippen molar-refractivity contribution >= 4 is 33.9 Å². The number of aromatic amines is 2. The van der Waals surface area contributed by atoms with Gasteiger partial charge < -0.3 is 20.2 Å². The number of carbonyl (C=O) groups excluding carboxylic acids is 1. The number of rotatable bonds is 6. The summed E-state index contributed by atoms with van der Waals surface area (Å²) in [7, 11) is 1.72. The molecule has 5 aromatic rings. The van der Waals surface area contributed by atoms with Crippen LogP contribution in [0.25, 0.3) is 22.2 Å². The summed E-state index contributed by atoms with van der Waals surface area (Å²) in [5.74, 6) is -0.868. The monoisotopic (exact) mass is 480 g/mol. The van der Waals surface area contributed by atoms with E-state index in [0.29, 0.717) is 22.5 Å². The van der Waals surface area contributed by atoms with E-state index in [0.717, 1.165) is 5.56 Å². The molecule has 2 aromatic carbocycles. The lowest BCUT2D eigenvalue weighted by Crippen LogP contribution is -2.38. The van der Waals surface area contributed by atoms with E-state index in [1.54, 1.807) is 24.1 Å². The minimum atomic E-state index is -4.59. The smallest absolute Gasteiger partial charge is 0.348 e. The fourth-order valence-electron chi connectivity index (χ4n) is 3.88. The van der Waals surface area contributed by atoms with Crippen molar-refractivity contribution in [3.8, 4) is 0 Å². The van der Waals surface area contributed by atoms with Gasteiger partial charge in [-0.3, -0.25) is 4.79 Å². The Labute approximate surface area is 196 Å². The van der Waals surface area contributed by atoms with Crippen LogP contribution >= 0.6 is 0 Å². The number of likely N-dealkylation sites (N-methyl/N-ethyl adjacent to an activating group) is 1. The zero-order chi connectivity index (χ0) is 24.6. The topological polar surface area (TPSA) is 115 Å². The molecule has 0 saturated carbocycles. The van der Waals surface area contributed by atoms with Crippen LogP contribution in [-0.2, 0) is 11.0 Å². The van der Waals surface area contributed by atoms with Crippen LogP contribution in [0.4, 0.5) is 19.0 Å². The van der Waals surface area contributed by atoms with E-state index in [2.05, 4.69) is 35.2 Å². The maximum absolute atomic E-state index is 13.1. The van der Waals surface area contributed by atoms with Crippen molar-refractivity contribution in [2.75, 3.05) is 18.5 Å². The third-order valence-corrected chi connectivity index (χ3v) is 5.49. The Morgan fingerprint density at radius 3 is 2.66 bits per heavy atom. The number of amides is 1. The number of nitrogens with zero attached hydrogens (tertiary/aromatic N) is 5. The summed E-state index contributed by atoms with van der Waals surface area (Å²) in [5.41, 5.74) is 2.88. The van der Waals surface area contributed by atoms with Gasteiger partial charge in [0.2, 0.25) is 11.7 Å². The molecule has 0 aliphatic rings. The maximum Gasteiger partial charge on any atom is 0.449 e. The first-order valence-electron chi connectivity index (χ1n) is 10.6. The zero-order valence-corrected chi connectivity index (χ0v) is 18.3. The number of imidazole rings is 2. The number of nitrogens with one attached hydrogen (secondary N) is 3. The second kappa shape index (κ2) is 8.70. The Hall–Kier alpha value is -4.48. The average Bonchev–Trinajstić information content (AvgIpc) is 3.49. The third kappa shape index (κ3) is 4.50. The predicted octanol–water partition coefficient (Wildman–Crippen LogP) is 3.59. The molecule has 12 heteroatoms. The second-order valence-electron chi connectivity index (χ2n) is 7.93. The van der Waals surface area contributed by atoms with E-state index in [9.17, 15) is 18.0 Å². The molecule has 1 atom stereocenters. The Morgan fingerprint density at radius 1 is 1.09 bits per heavy atom. The third-order valence-electron chi connectivity index (χ3n) is 5.49. The van der Waals surface area contributed by atoms with Crippen molar-refractivity contribution in [1.29, 1.82) is 0 Å². The molecular weight excluding hydrogens is 461 g/mol. The van der Waals surface area contributed by atoms with Crippen molar-refractivity contribution in [3.05, 3.63) is 78.1 Å². The Bertz CT molecular complexity index is 1500. The number of anilines is 1. The van der Waals surface area contributed by atoms with Crippen LogP contribution in [0.5, 0.6) is 0 Å². The van der Waals surface area contributed by atoms with Crippen molar-refractivity contribution in [2.45, 2.75) is 12.2 Å². The van der Waals surface area contributed by atoms with Crippen LogP contribution < -0.4 is 10.2 Å². The highest BCUT2D eigenvalue weighted by Crippen LogP contribution is 2.30. The van der Waals surface area contributed by atoms with Crippen molar-refractivity contribution < 1.29 is 18.0 Å². The van der Waals surface area contributed by atoms with Gasteiger partial charge in [-0.2, -0.15) is 13.2 Å². The van der Waals surface area contributed by atoms with Crippen LogP contribution in [0.1, 0.15) is 23.0 Å². The molecule has 3 heterocycles. The standard InChI is InChI=1S/C23H19F3N8O/c1-34(21-19-20(28-11-27-19)29-12-30-21)10-17(35)33-18(13-5-3-2-4-6-13)14-7-8-15-16(9-14)32-22(31-15)23(24,25)26/h2-9,11-12,18H,10H2,1H3,(H,31,32)(H,33,35)(H,27,28,29,30). The number of halogens is 3. The molecule has 3 aromatic heterocycles. The minimum absolute atomic E-state index is 0.0288. The highest BCUT2D eigenvalue weighted by Gasteiger charge is 2.34. The van der Waals surface area contributed by atoms with Gasteiger partial charge in [-0.05, 0) is 23.3 Å². The van der Waals surface area contributed by atoms with Crippen LogP contribution in [0.3, 0.4) is 0 Å². The molecule has 1 unspecified atom stereocenters. The van der Waals surface area contributed by atoms with E-state index in [1.165, 1.54) is 18.7 Å². The highest BCUT2D eigenvalue weighted by molar-refractivity contribution is 5.87. The highest BCUT2D eigenvalue weighted by atomic mass is 19.4. The molecular formula is C23H19F3N8O. The quantitative estimate of drug-likeness (QED) is 0.342. The van der Waals surface area contributed by atoms with E-state index in [4.69, 9.17) is 0 Å². The number of fused-ring (bicyclic) bond motifs is 2. The van der Waals surface area contributed by atoms with E-state index < -0.39 is 18.0 Å². The van der Waals surface area contributed by atoms with Crippen molar-refractivity contribution in [1.82, 2.24) is 35.2 Å². The molecule has 3 N–H and O–H groups in total. The Morgan fingerprint density at radius 2 is 1.89 bits per heavy atom. The van der Waals surface area contributed by atoms with Gasteiger partial charge in [0.25, 0.3) is 0 Å². The fourth-order valence-corrected chi connectivity index (χ4v) is 3.88. The minimum Gasteiger partial charge on any atom is -0.348 e. The van der Waals surface area contributed by atoms with Crippen LogP contribution in [0.2, 0.25) is 0 Å². The molecule has 0 aliphatic heterocycles. The van der Waals surface area contributed by atoms with Gasteiger partial charge in [-0.15, -0.1) is 0 Å². The van der Waals surface area contributed by atoms with Gasteiger partial charge in [-0.1, -0.05) is 36.4 Å². The van der Waals surface area contributed by atoms with Crippen LogP contribution in [0.15, 0.2) is 61.2 Å². The van der Waals surface area contributed by atoms with Gasteiger partial charge >= 0.3 is 6.18 Å². The van der Waals surface area contributed by atoms with Crippen LogP contribution in [0, 0.1) is 0 Å². The van der Waals surface area contributed by atoms with Gasteiger partial charge in [0.1, 0.15) is 11.8 Å². The number of benzene rings is 2. The summed E-state index contributed by atoms with van der Waals surface area (Å²) in [5, 5.41) is 2.99. The molecule has 178 valence electrons. The first kappa shape index (κ1) is 22.3. The molecule has 0 bridgehead atoms. The summed E-state index contributed by atoms with van der Waals surface area (Å²) in [6.07, 6.45) is -1.72. The maximum atomic E-state index is 13.1. The lowest BCUT2D eigenvalue weighted by molar-refractivity contribution is -0.144. The first-order chi connectivity index (χ1) is 16.8. The van der Waals surface area contributed by atoms with Crippen molar-refractivity contribution in [3.63, 3.8) is 0 Å². The van der Waals surface area contributed by atoms with E-state index in [-0.39, 0.29) is 23.5 Å². The molecule has 9 nitrogen and oxygen atoms in total. The largest absolute Gasteiger partial charge is 0.449 e. The second-order valence-corrected chi connectivity index (χ2v) is 7.93. The summed E-state index contributed by atoms with van der Waals surface area (Å²) < 4.78 is 39.3. The predicted molar refractivity (Wildman–Crippen MR) is 122 cm³/mol. The first-order valence-corrected chi connectivity index (χ1v) is 10.6. The average molecular weight is 480 g/mol. The summed E-state index contributed by atoms with van der Waals surface area (Å²) in [6, 6.07) is 13.3. The zero-order valence-electron chi connectivity index (χ0n) is 18.3. The molecule has 0 radical (unpaired) electrons. The molecule has 5 rings (SSSR count). The van der Waals surface area contributed by atoms with E-state index in [1.807, 2.05) is 30.3 Å². The molecule has 0 spiro atoms. The number of hydrogen-bond donors (Lipinski definition) is 3. The Kier molecular flexibility index (Phi) is 5.55. The summed E-state index contributed by atoms with van der Waals surface area (Å²) in [4.78, 5) is 36.0. The van der Waals surface area contributed by atoms with Gasteiger partial charge in [0.05, 0.1) is 29.9 Å². The number of aromatic nitrogens is 6. The molecule has 1 amide bonds. The molecule has 35 heavy (non-hydrogen) atoms. The number of hydrogen-bond acceptors (Lipinski definition) is 6.